The van der Waals surface area contributed by atoms with Gasteiger partial charge in [-0.15, -0.1) is 0 Å². The number of nitrogens with zero attached hydrogens (tertiary/aromatic N) is 1. The number of aryl methyl sites for hydroxylation is 1. The van der Waals surface area contributed by atoms with E-state index in [9.17, 15) is 9.18 Å². The van der Waals surface area contributed by atoms with E-state index in [4.69, 9.17) is 13.9 Å². The lowest BCUT2D eigenvalue weighted by atomic mass is 9.96. The van der Waals surface area contributed by atoms with Crippen LogP contribution in [0.25, 0.3) is 22.1 Å². The Hall–Kier alpha value is -3.80. The van der Waals surface area contributed by atoms with Gasteiger partial charge >= 0.3 is 5.63 Å². The largest absolute Gasteiger partial charge is 0.497 e. The highest BCUT2D eigenvalue weighted by Crippen LogP contribution is 2.39. The number of benzene rings is 3. The van der Waals surface area contributed by atoms with Gasteiger partial charge in [0.05, 0.1) is 12.8 Å². The maximum Gasteiger partial charge on any atom is 0.336 e. The highest BCUT2D eigenvalue weighted by molar-refractivity contribution is 5.96. The van der Waals surface area contributed by atoms with Crippen molar-refractivity contribution in [1.29, 1.82) is 0 Å². The van der Waals surface area contributed by atoms with Crippen LogP contribution in [0.15, 0.2) is 69.9 Å². The first-order valence-electron chi connectivity index (χ1n) is 9.92. The lowest BCUT2D eigenvalue weighted by Crippen LogP contribution is -2.32. The average molecular weight is 417 g/mol. The van der Waals surface area contributed by atoms with E-state index in [0.717, 1.165) is 33.4 Å². The van der Waals surface area contributed by atoms with Gasteiger partial charge in [0, 0.05) is 29.1 Å². The van der Waals surface area contributed by atoms with Gasteiger partial charge in [0.15, 0.2) is 6.73 Å². The standard InChI is InChI=1S/C25H20FNO4/c1-15-24-17(13-27(14-30-24)22-6-4-3-5-21(22)26)11-20-19(12-23(28)31-25(15)20)16-7-9-18(29-2)10-8-16/h3-12H,13-14H2,1-2H3. The molecule has 4 aromatic rings. The third kappa shape index (κ3) is 3.30. The Kier molecular flexibility index (Phi) is 4.62. The van der Waals surface area contributed by atoms with Gasteiger partial charge in [0.1, 0.15) is 22.9 Å². The molecule has 1 aliphatic heterocycles. The Morgan fingerprint density at radius 1 is 1.06 bits per heavy atom. The normalized spacial score (nSPS) is 13.1. The van der Waals surface area contributed by atoms with E-state index >= 15 is 0 Å². The number of anilines is 1. The van der Waals surface area contributed by atoms with E-state index in [1.807, 2.05) is 42.2 Å². The molecule has 6 heteroatoms. The van der Waals surface area contributed by atoms with Gasteiger partial charge in [-0.1, -0.05) is 24.3 Å². The Labute approximate surface area is 178 Å². The first kappa shape index (κ1) is 19.2. The molecule has 2 heterocycles. The van der Waals surface area contributed by atoms with Crippen LogP contribution in [-0.4, -0.2) is 13.8 Å². The minimum absolute atomic E-state index is 0.211. The fourth-order valence-corrected chi connectivity index (χ4v) is 4.09. The highest BCUT2D eigenvalue weighted by Gasteiger charge is 2.24. The molecule has 0 bridgehead atoms. The number of fused-ring (bicyclic) bond motifs is 2. The average Bonchev–Trinajstić information content (AvgIpc) is 2.79. The molecule has 5 nitrogen and oxygen atoms in total. The molecule has 0 amide bonds. The zero-order chi connectivity index (χ0) is 21.5. The summed E-state index contributed by atoms with van der Waals surface area (Å²) in [6, 6.07) is 17.6. The van der Waals surface area contributed by atoms with Crippen LogP contribution in [-0.2, 0) is 6.54 Å². The molecule has 1 aromatic heterocycles. The number of ether oxygens (including phenoxy) is 2. The quantitative estimate of drug-likeness (QED) is 0.425. The van der Waals surface area contributed by atoms with Crippen LogP contribution in [0.1, 0.15) is 11.1 Å². The number of rotatable bonds is 3. The summed E-state index contributed by atoms with van der Waals surface area (Å²) < 4.78 is 31.1. The second-order valence-electron chi connectivity index (χ2n) is 7.50. The minimum atomic E-state index is -0.426. The molecule has 0 saturated heterocycles. The van der Waals surface area contributed by atoms with Gasteiger partial charge < -0.3 is 18.8 Å². The first-order chi connectivity index (χ1) is 15.0. The molecule has 0 fully saturated rings. The zero-order valence-corrected chi connectivity index (χ0v) is 17.1. The van der Waals surface area contributed by atoms with E-state index in [1.54, 1.807) is 25.3 Å². The maximum absolute atomic E-state index is 14.3. The van der Waals surface area contributed by atoms with Crippen molar-refractivity contribution >= 4 is 16.7 Å². The number of halogens is 1. The van der Waals surface area contributed by atoms with Crippen LogP contribution in [0.2, 0.25) is 0 Å². The molecule has 156 valence electrons. The summed E-state index contributed by atoms with van der Waals surface area (Å²) in [7, 11) is 1.61. The Balaban J connectivity index is 1.66. The van der Waals surface area contributed by atoms with Crippen molar-refractivity contribution in [3.63, 3.8) is 0 Å². The number of para-hydroxylation sites is 1. The van der Waals surface area contributed by atoms with Crippen molar-refractivity contribution in [2.45, 2.75) is 13.5 Å². The van der Waals surface area contributed by atoms with Gasteiger partial charge in [0.25, 0.3) is 0 Å². The van der Waals surface area contributed by atoms with Crippen LogP contribution in [0.5, 0.6) is 11.5 Å². The van der Waals surface area contributed by atoms with Crippen LogP contribution < -0.4 is 20.0 Å². The van der Waals surface area contributed by atoms with Crippen molar-refractivity contribution in [1.82, 2.24) is 0 Å². The number of hydrogen-bond acceptors (Lipinski definition) is 5. The summed E-state index contributed by atoms with van der Waals surface area (Å²) in [5.74, 6) is 1.12. The zero-order valence-electron chi connectivity index (χ0n) is 17.1. The van der Waals surface area contributed by atoms with Crippen LogP contribution in [0.3, 0.4) is 0 Å². The molecule has 0 radical (unpaired) electrons. The molecule has 1 aliphatic rings. The summed E-state index contributed by atoms with van der Waals surface area (Å²) in [5, 5.41) is 0.806. The third-order valence-electron chi connectivity index (χ3n) is 5.61. The molecule has 0 saturated carbocycles. The molecule has 0 unspecified atom stereocenters. The predicted octanol–water partition coefficient (Wildman–Crippen LogP) is 5.27. The van der Waals surface area contributed by atoms with Gasteiger partial charge in [-0.25, -0.2) is 9.18 Å². The molecular formula is C25H20FNO4. The van der Waals surface area contributed by atoms with E-state index in [1.165, 1.54) is 12.1 Å². The minimum Gasteiger partial charge on any atom is -0.497 e. The van der Waals surface area contributed by atoms with Crippen molar-refractivity contribution in [2.75, 3.05) is 18.7 Å². The van der Waals surface area contributed by atoms with Gasteiger partial charge in [0.2, 0.25) is 0 Å². The Morgan fingerprint density at radius 2 is 1.84 bits per heavy atom. The van der Waals surface area contributed by atoms with E-state index < -0.39 is 5.63 Å². The molecule has 0 spiro atoms. The lowest BCUT2D eigenvalue weighted by molar-refractivity contribution is 0.286. The monoisotopic (exact) mass is 417 g/mol. The van der Waals surface area contributed by atoms with E-state index in [2.05, 4.69) is 0 Å². The topological polar surface area (TPSA) is 51.9 Å². The van der Waals surface area contributed by atoms with Crippen molar-refractivity contribution in [3.05, 3.63) is 88.0 Å². The van der Waals surface area contributed by atoms with Gasteiger partial charge in [-0.2, -0.15) is 0 Å². The van der Waals surface area contributed by atoms with Crippen LogP contribution >= 0.6 is 0 Å². The van der Waals surface area contributed by atoms with Crippen molar-refractivity contribution < 1.29 is 18.3 Å². The second kappa shape index (κ2) is 7.47. The smallest absolute Gasteiger partial charge is 0.336 e. The SMILES string of the molecule is COc1ccc(-c2cc(=O)oc3c(C)c4c(cc23)CN(c2ccccc2F)CO4)cc1. The third-order valence-corrected chi connectivity index (χ3v) is 5.61. The van der Waals surface area contributed by atoms with Crippen molar-refractivity contribution in [2.24, 2.45) is 0 Å². The van der Waals surface area contributed by atoms with Gasteiger partial charge in [-0.3, -0.25) is 0 Å². The Morgan fingerprint density at radius 3 is 2.58 bits per heavy atom. The molecule has 3 aromatic carbocycles. The van der Waals surface area contributed by atoms with Crippen LogP contribution in [0, 0.1) is 12.7 Å². The van der Waals surface area contributed by atoms with Gasteiger partial charge in [-0.05, 0) is 48.4 Å². The second-order valence-corrected chi connectivity index (χ2v) is 7.50. The fourth-order valence-electron chi connectivity index (χ4n) is 4.09. The Bertz CT molecular complexity index is 1340. The summed E-state index contributed by atoms with van der Waals surface area (Å²) in [6.45, 7) is 2.57. The van der Waals surface area contributed by atoms with Crippen LogP contribution in [0.4, 0.5) is 10.1 Å². The van der Waals surface area contributed by atoms with E-state index in [0.29, 0.717) is 23.6 Å². The fraction of sp³-hybridized carbons (Fsp3) is 0.160. The molecule has 0 aliphatic carbocycles. The highest BCUT2D eigenvalue weighted by atomic mass is 19.1. The lowest BCUT2D eigenvalue weighted by Gasteiger charge is -2.32. The maximum atomic E-state index is 14.3. The number of hydrogen-bond donors (Lipinski definition) is 0. The summed E-state index contributed by atoms with van der Waals surface area (Å²) in [4.78, 5) is 14.2. The van der Waals surface area contributed by atoms with Crippen molar-refractivity contribution in [3.8, 4) is 22.6 Å². The predicted molar refractivity (Wildman–Crippen MR) is 117 cm³/mol. The molecular weight excluding hydrogens is 397 g/mol. The summed E-state index contributed by atoms with van der Waals surface area (Å²) >= 11 is 0. The number of methoxy groups -OCH3 is 1. The summed E-state index contributed by atoms with van der Waals surface area (Å²) in [6.07, 6.45) is 0. The molecule has 31 heavy (non-hydrogen) atoms. The first-order valence-corrected chi connectivity index (χ1v) is 9.92. The molecule has 0 atom stereocenters. The molecule has 5 rings (SSSR count). The van der Waals surface area contributed by atoms with E-state index in [-0.39, 0.29) is 12.5 Å². The summed E-state index contributed by atoms with van der Waals surface area (Å²) in [5.41, 5.74) is 3.86. The molecule has 0 N–H and O–H groups in total.